The molecule has 4 rings (SSSR count). The van der Waals surface area contributed by atoms with Crippen molar-refractivity contribution in [1.82, 2.24) is 14.9 Å². The molecule has 9 N–H and O–H groups in total. The number of rotatable bonds is 11. The van der Waals surface area contributed by atoms with Gasteiger partial charge >= 0.3 is 0 Å². The average Bonchev–Trinajstić information content (AvgIpc) is 3.01. The molecule has 1 saturated carbocycles. The molecular weight excluding hydrogens is 618 g/mol. The monoisotopic (exact) mass is 665 g/mol. The van der Waals surface area contributed by atoms with Crippen molar-refractivity contribution in [2.45, 2.75) is 78.9 Å². The molecule has 2 aromatic carbocycles. The maximum atomic E-state index is 13.5. The molecule has 0 radical (unpaired) electrons. The van der Waals surface area contributed by atoms with E-state index < -0.39 is 17.5 Å². The second kappa shape index (κ2) is 19.3. The number of benzene rings is 2. The van der Waals surface area contributed by atoms with Crippen molar-refractivity contribution >= 4 is 35.2 Å². The van der Waals surface area contributed by atoms with Gasteiger partial charge in [-0.2, -0.15) is 0 Å². The van der Waals surface area contributed by atoms with Gasteiger partial charge < -0.3 is 37.1 Å². The first-order chi connectivity index (χ1) is 22.7. The Morgan fingerprint density at radius 1 is 1.04 bits per heavy atom. The van der Waals surface area contributed by atoms with Crippen LogP contribution < -0.4 is 32.4 Å². The zero-order valence-corrected chi connectivity index (χ0v) is 27.9. The SMILES string of the molecule is CC(=O)O.CC(=O)O.CC(C)Nc1ncc(-c2cc(N)cc(OCC3CCCCC3)c2)n(CC(=O)NCc2ccc(C(=N)N)cc2)c1=O. The van der Waals surface area contributed by atoms with Gasteiger partial charge in [-0.1, -0.05) is 43.5 Å². The van der Waals surface area contributed by atoms with Crippen LogP contribution in [0.4, 0.5) is 11.5 Å². The van der Waals surface area contributed by atoms with Crippen LogP contribution in [0.1, 0.15) is 70.9 Å². The van der Waals surface area contributed by atoms with Crippen LogP contribution in [0.2, 0.25) is 0 Å². The summed E-state index contributed by atoms with van der Waals surface area (Å²) in [6, 6.07) is 12.4. The molecule has 0 atom stereocenters. The Morgan fingerprint density at radius 3 is 2.21 bits per heavy atom. The van der Waals surface area contributed by atoms with E-state index in [1.807, 2.05) is 19.9 Å². The number of carboxylic acid groups (broad SMARTS) is 2. The lowest BCUT2D eigenvalue weighted by molar-refractivity contribution is -0.135. The fraction of sp³-hybridized carbons (Fsp3) is 0.412. The number of ether oxygens (including phenoxy) is 1. The summed E-state index contributed by atoms with van der Waals surface area (Å²) >= 11 is 0. The molecule has 1 aliphatic carbocycles. The molecule has 1 aromatic heterocycles. The molecule has 3 aromatic rings. The summed E-state index contributed by atoms with van der Waals surface area (Å²) in [5.41, 5.74) is 14.4. The number of aromatic nitrogens is 2. The van der Waals surface area contributed by atoms with E-state index in [1.165, 1.54) is 36.7 Å². The predicted molar refractivity (Wildman–Crippen MR) is 185 cm³/mol. The number of amides is 1. The van der Waals surface area contributed by atoms with Crippen molar-refractivity contribution in [2.75, 3.05) is 17.7 Å². The summed E-state index contributed by atoms with van der Waals surface area (Å²) in [5.74, 6) is -0.692. The number of amidine groups is 1. The Kier molecular flexibility index (Phi) is 15.6. The Balaban J connectivity index is 0.000000900. The number of carbonyl (C=O) groups is 3. The number of aliphatic carboxylic acids is 2. The predicted octanol–water partition coefficient (Wildman–Crippen LogP) is 4.05. The lowest BCUT2D eigenvalue weighted by atomic mass is 9.90. The maximum absolute atomic E-state index is 13.5. The number of nitrogen functional groups attached to an aromatic ring is 2. The zero-order chi connectivity index (χ0) is 35.8. The van der Waals surface area contributed by atoms with Crippen molar-refractivity contribution in [3.8, 4) is 17.0 Å². The second-order valence-electron chi connectivity index (χ2n) is 11.7. The van der Waals surface area contributed by atoms with Crippen LogP contribution in [0.15, 0.2) is 53.5 Å². The van der Waals surface area contributed by atoms with E-state index >= 15 is 0 Å². The number of nitrogens with two attached hydrogens (primary N) is 2. The van der Waals surface area contributed by atoms with Gasteiger partial charge in [-0.25, -0.2) is 4.98 Å². The number of nitrogens with zero attached hydrogens (tertiary/aromatic N) is 2. The first-order valence-corrected chi connectivity index (χ1v) is 15.6. The topological polar surface area (TPSA) is 236 Å². The highest BCUT2D eigenvalue weighted by atomic mass is 16.5. The quantitative estimate of drug-likeness (QED) is 0.0876. The van der Waals surface area contributed by atoms with Gasteiger partial charge in [0.25, 0.3) is 17.5 Å². The van der Waals surface area contributed by atoms with Gasteiger partial charge in [0.15, 0.2) is 5.82 Å². The van der Waals surface area contributed by atoms with Gasteiger partial charge in [0, 0.05) is 49.3 Å². The highest BCUT2D eigenvalue weighted by Crippen LogP contribution is 2.29. The van der Waals surface area contributed by atoms with Crippen LogP contribution in [-0.2, 0) is 27.5 Å². The molecule has 0 unspecified atom stereocenters. The van der Waals surface area contributed by atoms with Crippen LogP contribution in [0.25, 0.3) is 11.3 Å². The summed E-state index contributed by atoms with van der Waals surface area (Å²) in [6.45, 7) is 6.68. The number of carbonyl (C=O) groups excluding carboxylic acids is 1. The smallest absolute Gasteiger partial charge is 0.300 e. The lowest BCUT2D eigenvalue weighted by Gasteiger charge is -2.22. The largest absolute Gasteiger partial charge is 0.493 e. The van der Waals surface area contributed by atoms with Crippen LogP contribution >= 0.6 is 0 Å². The summed E-state index contributed by atoms with van der Waals surface area (Å²) in [7, 11) is 0. The van der Waals surface area contributed by atoms with Gasteiger partial charge in [-0.15, -0.1) is 0 Å². The Morgan fingerprint density at radius 2 is 1.65 bits per heavy atom. The first kappa shape index (κ1) is 38.8. The molecular formula is C34H47N7O7. The van der Waals surface area contributed by atoms with Gasteiger partial charge in [-0.05, 0) is 50.3 Å². The summed E-state index contributed by atoms with van der Waals surface area (Å²) in [5, 5.41) is 28.3. The zero-order valence-electron chi connectivity index (χ0n) is 27.9. The minimum atomic E-state index is -0.833. The van der Waals surface area contributed by atoms with E-state index in [9.17, 15) is 9.59 Å². The Labute approximate surface area is 280 Å². The third-order valence-corrected chi connectivity index (χ3v) is 6.97. The molecule has 48 heavy (non-hydrogen) atoms. The molecule has 1 aliphatic rings. The molecule has 14 nitrogen and oxygen atoms in total. The molecule has 0 aliphatic heterocycles. The highest BCUT2D eigenvalue weighted by molar-refractivity contribution is 5.94. The van der Waals surface area contributed by atoms with Crippen molar-refractivity contribution in [1.29, 1.82) is 5.41 Å². The van der Waals surface area contributed by atoms with Crippen LogP contribution in [-0.4, -0.2) is 56.1 Å². The van der Waals surface area contributed by atoms with Crippen molar-refractivity contribution in [3.05, 3.63) is 70.1 Å². The van der Waals surface area contributed by atoms with Crippen LogP contribution in [0.3, 0.4) is 0 Å². The van der Waals surface area contributed by atoms with E-state index in [1.54, 1.807) is 42.6 Å². The standard InChI is InChI=1S/C30H39N7O3.2C2H4O2/c1-19(2)36-29-30(39)37(17-27(38)34-15-20-8-10-22(11-9-20)28(32)33)26(16-35-29)23-12-24(31)14-25(13-23)40-18-21-6-4-3-5-7-21;2*1-2(3)4/h8-14,16,19,21H,3-7,15,17-18,31H2,1-2H3,(H3,32,33)(H,34,38)(H,35,36);2*1H3,(H,3,4). The third-order valence-electron chi connectivity index (χ3n) is 6.97. The fourth-order valence-electron chi connectivity index (χ4n) is 4.87. The third kappa shape index (κ3) is 13.9. The minimum absolute atomic E-state index is 0.0153. The number of hydrogen-bond acceptors (Lipinski definition) is 9. The first-order valence-electron chi connectivity index (χ1n) is 15.6. The summed E-state index contributed by atoms with van der Waals surface area (Å²) in [4.78, 5) is 48.9. The summed E-state index contributed by atoms with van der Waals surface area (Å²) < 4.78 is 7.53. The molecule has 0 spiro atoms. The van der Waals surface area contributed by atoms with Crippen molar-refractivity contribution in [3.63, 3.8) is 0 Å². The van der Waals surface area contributed by atoms with E-state index in [4.69, 9.17) is 41.4 Å². The molecule has 0 bridgehead atoms. The van der Waals surface area contributed by atoms with Crippen molar-refractivity contribution in [2.24, 2.45) is 11.7 Å². The molecule has 0 saturated heterocycles. The fourth-order valence-corrected chi connectivity index (χ4v) is 4.87. The molecule has 1 heterocycles. The van der Waals surface area contributed by atoms with Gasteiger partial charge in [0.2, 0.25) is 5.91 Å². The van der Waals surface area contributed by atoms with E-state index in [-0.39, 0.29) is 36.7 Å². The normalized spacial score (nSPS) is 12.4. The molecule has 14 heteroatoms. The summed E-state index contributed by atoms with van der Waals surface area (Å²) in [6.07, 6.45) is 7.66. The number of carboxylic acids is 2. The average molecular weight is 666 g/mol. The molecule has 1 fully saturated rings. The number of nitrogens with one attached hydrogen (secondary N) is 3. The second-order valence-corrected chi connectivity index (χ2v) is 11.7. The van der Waals surface area contributed by atoms with Crippen molar-refractivity contribution < 1.29 is 29.3 Å². The maximum Gasteiger partial charge on any atom is 0.300 e. The van der Waals surface area contributed by atoms with E-state index in [0.29, 0.717) is 40.8 Å². The van der Waals surface area contributed by atoms with E-state index in [0.717, 1.165) is 19.4 Å². The van der Waals surface area contributed by atoms with E-state index in [2.05, 4.69) is 15.6 Å². The van der Waals surface area contributed by atoms with Crippen LogP contribution in [0.5, 0.6) is 5.75 Å². The minimum Gasteiger partial charge on any atom is -0.493 e. The van der Waals surface area contributed by atoms with Gasteiger partial charge in [0.05, 0.1) is 18.5 Å². The van der Waals surface area contributed by atoms with Gasteiger partial charge in [0.1, 0.15) is 18.1 Å². The number of anilines is 2. The van der Waals surface area contributed by atoms with Gasteiger partial charge in [-0.3, -0.25) is 29.2 Å². The highest BCUT2D eigenvalue weighted by Gasteiger charge is 2.18. The Bertz CT molecular complexity index is 1580. The molecule has 260 valence electrons. The number of hydrogen-bond donors (Lipinski definition) is 7. The Hall–Kier alpha value is -5.40. The lowest BCUT2D eigenvalue weighted by Crippen LogP contribution is -2.35. The van der Waals surface area contributed by atoms with Crippen LogP contribution in [0, 0.1) is 11.3 Å². The molecule has 1 amide bonds.